The number of thiocarbonyl (C=S) groups is 1. The normalized spacial score (nSPS) is 13.8. The van der Waals surface area contributed by atoms with Gasteiger partial charge in [-0.3, -0.25) is 0 Å². The number of benzene rings is 2. The van der Waals surface area contributed by atoms with E-state index < -0.39 is 0 Å². The highest BCUT2D eigenvalue weighted by Gasteiger charge is 2.24. The van der Waals surface area contributed by atoms with Crippen LogP contribution in [-0.4, -0.2) is 63.1 Å². The van der Waals surface area contributed by atoms with Gasteiger partial charge in [0.15, 0.2) is 10.9 Å². The fourth-order valence-electron chi connectivity index (χ4n) is 4.38. The molecular weight excluding hydrogens is 495 g/mol. The molecule has 6 nitrogen and oxygen atoms in total. The zero-order valence-electron chi connectivity index (χ0n) is 19.9. The molecule has 4 aromatic rings. The minimum absolute atomic E-state index is 0.219. The van der Waals surface area contributed by atoms with E-state index in [1.807, 2.05) is 37.4 Å². The van der Waals surface area contributed by atoms with E-state index in [2.05, 4.69) is 31.8 Å². The van der Waals surface area contributed by atoms with Gasteiger partial charge in [0.05, 0.1) is 17.1 Å². The van der Waals surface area contributed by atoms with Crippen LogP contribution < -0.4 is 4.90 Å². The van der Waals surface area contributed by atoms with E-state index in [1.54, 1.807) is 12.1 Å². The number of aromatic nitrogens is 3. The van der Waals surface area contributed by atoms with Crippen LogP contribution in [0.4, 0.5) is 10.2 Å². The summed E-state index contributed by atoms with van der Waals surface area (Å²) in [6, 6.07) is 20.5. The number of hydrogen-bond acceptors (Lipinski definition) is 5. The van der Waals surface area contributed by atoms with Crippen molar-refractivity contribution < 1.29 is 4.39 Å². The molecule has 0 bridgehead atoms. The lowest BCUT2D eigenvalue weighted by Gasteiger charge is -2.39. The topological polar surface area (TPSA) is 48.4 Å². The van der Waals surface area contributed by atoms with Crippen molar-refractivity contribution in [2.75, 3.05) is 38.1 Å². The largest absolute Gasteiger partial charge is 0.351 e. The molecule has 0 radical (unpaired) electrons. The molecule has 5 rings (SSSR count). The molecule has 0 saturated carbocycles. The van der Waals surface area contributed by atoms with Crippen molar-refractivity contribution in [2.45, 2.75) is 12.4 Å². The Kier molecular flexibility index (Phi) is 7.25. The van der Waals surface area contributed by atoms with Crippen LogP contribution >= 0.6 is 23.8 Å². The fraction of sp³-hybridized carbons (Fsp3) is 0.259. The standard InChI is InChI=1S/C27H26ClFN6S/c1-33(18-19-5-3-2-4-6-19)27(36)35-15-13-34(14-16-35)26-25-23(30-24(17-28)32-26)12-11-22(31-25)20-7-9-21(29)10-8-20/h2-12H,13-18H2,1H3. The highest BCUT2D eigenvalue weighted by Crippen LogP contribution is 2.28. The Bertz CT molecular complexity index is 1360. The predicted octanol–water partition coefficient (Wildman–Crippen LogP) is 5.11. The average Bonchev–Trinajstić information content (AvgIpc) is 2.93. The predicted molar refractivity (Wildman–Crippen MR) is 147 cm³/mol. The molecule has 0 N–H and O–H groups in total. The van der Waals surface area contributed by atoms with Crippen LogP contribution in [-0.2, 0) is 12.4 Å². The van der Waals surface area contributed by atoms with Gasteiger partial charge in [-0.25, -0.2) is 19.3 Å². The number of halogens is 2. The number of pyridine rings is 1. The van der Waals surface area contributed by atoms with Gasteiger partial charge < -0.3 is 14.7 Å². The van der Waals surface area contributed by atoms with Gasteiger partial charge in [-0.1, -0.05) is 30.3 Å². The molecule has 36 heavy (non-hydrogen) atoms. The Balaban J connectivity index is 1.36. The monoisotopic (exact) mass is 520 g/mol. The van der Waals surface area contributed by atoms with E-state index in [1.165, 1.54) is 17.7 Å². The Morgan fingerprint density at radius 2 is 1.67 bits per heavy atom. The van der Waals surface area contributed by atoms with Crippen molar-refractivity contribution in [3.63, 3.8) is 0 Å². The summed E-state index contributed by atoms with van der Waals surface area (Å²) in [5.41, 5.74) is 4.26. The van der Waals surface area contributed by atoms with Gasteiger partial charge in [0.25, 0.3) is 0 Å². The van der Waals surface area contributed by atoms with Crippen molar-refractivity contribution in [3.8, 4) is 11.3 Å². The summed E-state index contributed by atoms with van der Waals surface area (Å²) in [5.74, 6) is 1.27. The molecule has 0 spiro atoms. The zero-order valence-corrected chi connectivity index (χ0v) is 21.5. The smallest absolute Gasteiger partial charge is 0.171 e. The molecule has 1 fully saturated rings. The van der Waals surface area contributed by atoms with E-state index in [0.29, 0.717) is 11.3 Å². The molecule has 2 aromatic carbocycles. The highest BCUT2D eigenvalue weighted by atomic mass is 35.5. The van der Waals surface area contributed by atoms with E-state index in [-0.39, 0.29) is 11.7 Å². The van der Waals surface area contributed by atoms with Crippen LogP contribution in [0.5, 0.6) is 0 Å². The maximum Gasteiger partial charge on any atom is 0.171 e. The molecule has 0 aliphatic carbocycles. The second kappa shape index (κ2) is 10.7. The first kappa shape index (κ1) is 24.3. The molecule has 0 amide bonds. The minimum Gasteiger partial charge on any atom is -0.351 e. The second-order valence-electron chi connectivity index (χ2n) is 8.77. The van der Waals surface area contributed by atoms with E-state index in [0.717, 1.165) is 60.4 Å². The van der Waals surface area contributed by atoms with Gasteiger partial charge in [-0.05, 0) is 54.2 Å². The molecule has 1 aliphatic heterocycles. The lowest BCUT2D eigenvalue weighted by Crippen LogP contribution is -2.52. The third-order valence-corrected chi connectivity index (χ3v) is 7.08. The van der Waals surface area contributed by atoms with Crippen LogP contribution in [0.15, 0.2) is 66.7 Å². The maximum atomic E-state index is 13.4. The molecule has 0 unspecified atom stereocenters. The van der Waals surface area contributed by atoms with Crippen molar-refractivity contribution in [2.24, 2.45) is 0 Å². The van der Waals surface area contributed by atoms with Gasteiger partial charge in [-0.2, -0.15) is 0 Å². The number of rotatable bonds is 5. The summed E-state index contributed by atoms with van der Waals surface area (Å²) in [5, 5.41) is 0.837. The number of fused-ring (bicyclic) bond motifs is 1. The summed E-state index contributed by atoms with van der Waals surface area (Å²) in [6.07, 6.45) is 0. The van der Waals surface area contributed by atoms with Crippen LogP contribution in [0, 0.1) is 5.82 Å². The minimum atomic E-state index is -0.277. The Morgan fingerprint density at radius 1 is 0.944 bits per heavy atom. The van der Waals surface area contributed by atoms with Crippen LogP contribution in [0.2, 0.25) is 0 Å². The summed E-state index contributed by atoms with van der Waals surface area (Å²) in [4.78, 5) is 20.8. The SMILES string of the molecule is CN(Cc1ccccc1)C(=S)N1CCN(c2nc(CCl)nc3ccc(-c4ccc(F)cc4)nc23)CC1. The van der Waals surface area contributed by atoms with E-state index in [4.69, 9.17) is 33.8 Å². The number of nitrogens with zero attached hydrogens (tertiary/aromatic N) is 6. The zero-order chi connectivity index (χ0) is 25.1. The number of anilines is 1. The van der Waals surface area contributed by atoms with E-state index in [9.17, 15) is 4.39 Å². The third-order valence-electron chi connectivity index (χ3n) is 6.27. The van der Waals surface area contributed by atoms with Crippen molar-refractivity contribution in [1.82, 2.24) is 24.8 Å². The molecule has 184 valence electrons. The molecule has 0 atom stereocenters. The number of hydrogen-bond donors (Lipinski definition) is 0. The second-order valence-corrected chi connectivity index (χ2v) is 9.40. The van der Waals surface area contributed by atoms with Gasteiger partial charge in [-0.15, -0.1) is 11.6 Å². The van der Waals surface area contributed by atoms with Crippen molar-refractivity contribution in [1.29, 1.82) is 0 Å². The summed E-state index contributed by atoms with van der Waals surface area (Å²) >= 11 is 11.9. The Morgan fingerprint density at radius 3 is 2.36 bits per heavy atom. The van der Waals surface area contributed by atoms with Crippen LogP contribution in [0.3, 0.4) is 0 Å². The van der Waals surface area contributed by atoms with Gasteiger partial charge in [0.2, 0.25) is 0 Å². The average molecular weight is 521 g/mol. The lowest BCUT2D eigenvalue weighted by atomic mass is 10.1. The fourth-order valence-corrected chi connectivity index (χ4v) is 4.75. The summed E-state index contributed by atoms with van der Waals surface area (Å²) in [6.45, 7) is 3.81. The van der Waals surface area contributed by atoms with E-state index >= 15 is 0 Å². The highest BCUT2D eigenvalue weighted by molar-refractivity contribution is 7.80. The first-order valence-electron chi connectivity index (χ1n) is 11.8. The van der Waals surface area contributed by atoms with Crippen molar-refractivity contribution in [3.05, 3.63) is 83.9 Å². The van der Waals surface area contributed by atoms with Crippen LogP contribution in [0.25, 0.3) is 22.3 Å². The Labute approximate surface area is 220 Å². The molecular formula is C27H26ClFN6S. The van der Waals surface area contributed by atoms with Crippen LogP contribution in [0.1, 0.15) is 11.4 Å². The molecule has 9 heteroatoms. The first-order chi connectivity index (χ1) is 17.5. The lowest BCUT2D eigenvalue weighted by molar-refractivity contribution is 0.333. The van der Waals surface area contributed by atoms with Gasteiger partial charge in [0, 0.05) is 45.3 Å². The first-order valence-corrected chi connectivity index (χ1v) is 12.7. The third kappa shape index (κ3) is 5.24. The molecule has 3 heterocycles. The van der Waals surface area contributed by atoms with Crippen molar-refractivity contribution >= 4 is 45.8 Å². The maximum absolute atomic E-state index is 13.4. The van der Waals surface area contributed by atoms with Gasteiger partial charge in [0.1, 0.15) is 17.2 Å². The Hall–Kier alpha value is -3.36. The molecule has 1 aliphatic rings. The molecule has 2 aromatic heterocycles. The quantitative estimate of drug-likeness (QED) is 0.268. The number of piperazine rings is 1. The summed E-state index contributed by atoms with van der Waals surface area (Å²) < 4.78 is 13.4. The number of alkyl halides is 1. The summed E-state index contributed by atoms with van der Waals surface area (Å²) in [7, 11) is 2.04. The van der Waals surface area contributed by atoms with Gasteiger partial charge >= 0.3 is 0 Å². The molecule has 1 saturated heterocycles.